The van der Waals surface area contributed by atoms with Gasteiger partial charge in [-0.3, -0.25) is 0 Å². The molecule has 1 heterocycles. The summed E-state index contributed by atoms with van der Waals surface area (Å²) in [5.74, 6) is 0. The van der Waals surface area contributed by atoms with Gasteiger partial charge in [-0.15, -0.1) is 0 Å². The number of anilines is 3. The highest BCUT2D eigenvalue weighted by molar-refractivity contribution is 6.14. The second-order valence-electron chi connectivity index (χ2n) is 13.4. The first-order valence-corrected chi connectivity index (χ1v) is 17.8. The van der Waals surface area contributed by atoms with Crippen LogP contribution in [-0.2, 0) is 0 Å². The molecule has 0 aliphatic rings. The molecule has 0 aliphatic carbocycles. The molecule has 0 amide bonds. The van der Waals surface area contributed by atoms with E-state index in [4.69, 9.17) is 4.42 Å². The number of hydrogen-bond donors (Lipinski definition) is 0. The predicted molar refractivity (Wildman–Crippen MR) is 220 cm³/mol. The van der Waals surface area contributed by atoms with Crippen molar-refractivity contribution >= 4 is 60.5 Å². The van der Waals surface area contributed by atoms with Crippen molar-refractivity contribution in [2.24, 2.45) is 0 Å². The molecule has 0 aliphatic heterocycles. The zero-order chi connectivity index (χ0) is 34.4. The van der Waals surface area contributed by atoms with Crippen LogP contribution in [0.4, 0.5) is 17.1 Å². The van der Waals surface area contributed by atoms with Crippen LogP contribution >= 0.6 is 0 Å². The zero-order valence-electron chi connectivity index (χ0n) is 28.4. The third kappa shape index (κ3) is 5.21. The highest BCUT2D eigenvalue weighted by atomic mass is 16.3. The van der Waals surface area contributed by atoms with Crippen LogP contribution in [0.15, 0.2) is 205 Å². The SMILES string of the molecule is c1ccc(-c2ccccc2N(c2ccc3ccc(-c4ccc(-c5ccc6ccccc6c5)cc4)cc3c2)c2cccc3oc4ccccc4c23)cc1. The lowest BCUT2D eigenvalue weighted by molar-refractivity contribution is 0.669. The molecule has 0 spiro atoms. The fourth-order valence-electron chi connectivity index (χ4n) is 7.66. The monoisotopic (exact) mass is 663 g/mol. The van der Waals surface area contributed by atoms with Gasteiger partial charge < -0.3 is 9.32 Å². The second kappa shape index (κ2) is 12.5. The fraction of sp³-hybridized carbons (Fsp3) is 0. The van der Waals surface area contributed by atoms with E-state index in [2.05, 4.69) is 193 Å². The summed E-state index contributed by atoms with van der Waals surface area (Å²) in [6, 6.07) is 71.8. The van der Waals surface area contributed by atoms with E-state index < -0.39 is 0 Å². The number of rotatable bonds is 6. The highest BCUT2D eigenvalue weighted by Gasteiger charge is 2.22. The van der Waals surface area contributed by atoms with Crippen molar-refractivity contribution in [3.05, 3.63) is 200 Å². The Kier molecular flexibility index (Phi) is 7.18. The van der Waals surface area contributed by atoms with E-state index >= 15 is 0 Å². The zero-order valence-corrected chi connectivity index (χ0v) is 28.4. The quantitative estimate of drug-likeness (QED) is 0.176. The summed E-state index contributed by atoms with van der Waals surface area (Å²) in [7, 11) is 0. The Balaban J connectivity index is 1.11. The predicted octanol–water partition coefficient (Wildman–Crippen LogP) is 14.4. The Morgan fingerprint density at radius 3 is 1.71 bits per heavy atom. The highest BCUT2D eigenvalue weighted by Crippen LogP contribution is 2.46. The van der Waals surface area contributed by atoms with Gasteiger partial charge in [0.15, 0.2) is 0 Å². The van der Waals surface area contributed by atoms with Crippen molar-refractivity contribution in [3.8, 4) is 33.4 Å². The molecule has 2 nitrogen and oxygen atoms in total. The van der Waals surface area contributed by atoms with Crippen LogP contribution < -0.4 is 4.90 Å². The molecule has 0 atom stereocenters. The summed E-state index contributed by atoms with van der Waals surface area (Å²) in [5, 5.41) is 7.10. The maximum absolute atomic E-state index is 6.39. The van der Waals surface area contributed by atoms with E-state index in [1.807, 2.05) is 12.1 Å². The Bertz CT molecular complexity index is 2900. The summed E-state index contributed by atoms with van der Waals surface area (Å²) in [6.45, 7) is 0. The van der Waals surface area contributed by atoms with Gasteiger partial charge in [-0.2, -0.15) is 0 Å². The van der Waals surface area contributed by atoms with E-state index in [-0.39, 0.29) is 0 Å². The van der Waals surface area contributed by atoms with Crippen LogP contribution in [0.25, 0.3) is 76.9 Å². The minimum Gasteiger partial charge on any atom is -0.456 e. The molecule has 0 saturated heterocycles. The second-order valence-corrected chi connectivity index (χ2v) is 13.4. The van der Waals surface area contributed by atoms with E-state index in [0.29, 0.717) is 0 Å². The first kappa shape index (κ1) is 30.0. The van der Waals surface area contributed by atoms with E-state index in [0.717, 1.165) is 44.6 Å². The Labute approximate surface area is 302 Å². The molecule has 2 heteroatoms. The lowest BCUT2D eigenvalue weighted by Gasteiger charge is -2.29. The molecular weight excluding hydrogens is 631 g/mol. The number of furan rings is 1. The average Bonchev–Trinajstić information content (AvgIpc) is 3.61. The topological polar surface area (TPSA) is 16.4 Å². The summed E-state index contributed by atoms with van der Waals surface area (Å²) in [4.78, 5) is 2.40. The first-order valence-electron chi connectivity index (χ1n) is 17.8. The molecule has 0 radical (unpaired) electrons. The van der Waals surface area contributed by atoms with Crippen molar-refractivity contribution in [2.45, 2.75) is 0 Å². The Hall–Kier alpha value is -6.90. The number of nitrogens with zero attached hydrogens (tertiary/aromatic N) is 1. The molecule has 10 rings (SSSR count). The van der Waals surface area contributed by atoms with Gasteiger partial charge in [0, 0.05) is 16.6 Å². The lowest BCUT2D eigenvalue weighted by Crippen LogP contribution is -2.11. The Morgan fingerprint density at radius 1 is 0.327 bits per heavy atom. The molecule has 0 N–H and O–H groups in total. The summed E-state index contributed by atoms with van der Waals surface area (Å²) in [5.41, 5.74) is 12.2. The van der Waals surface area contributed by atoms with Crippen LogP contribution in [-0.4, -0.2) is 0 Å². The van der Waals surface area contributed by atoms with Gasteiger partial charge in [-0.05, 0) is 97.9 Å². The van der Waals surface area contributed by atoms with Crippen molar-refractivity contribution in [2.75, 3.05) is 4.90 Å². The number of hydrogen-bond acceptors (Lipinski definition) is 2. The van der Waals surface area contributed by atoms with Gasteiger partial charge in [0.05, 0.1) is 16.8 Å². The number of benzene rings is 9. The molecule has 10 aromatic rings. The third-order valence-corrected chi connectivity index (χ3v) is 10.2. The normalized spacial score (nSPS) is 11.5. The average molecular weight is 664 g/mol. The van der Waals surface area contributed by atoms with Crippen molar-refractivity contribution in [3.63, 3.8) is 0 Å². The van der Waals surface area contributed by atoms with E-state index in [1.165, 1.54) is 49.4 Å². The van der Waals surface area contributed by atoms with Gasteiger partial charge in [0.25, 0.3) is 0 Å². The van der Waals surface area contributed by atoms with Crippen LogP contribution in [0.2, 0.25) is 0 Å². The smallest absolute Gasteiger partial charge is 0.137 e. The van der Waals surface area contributed by atoms with Gasteiger partial charge in [-0.1, -0.05) is 152 Å². The van der Waals surface area contributed by atoms with Gasteiger partial charge in [0.1, 0.15) is 11.2 Å². The van der Waals surface area contributed by atoms with Crippen LogP contribution in [0.1, 0.15) is 0 Å². The number of fused-ring (bicyclic) bond motifs is 5. The van der Waals surface area contributed by atoms with Gasteiger partial charge in [-0.25, -0.2) is 0 Å². The van der Waals surface area contributed by atoms with E-state index in [9.17, 15) is 0 Å². The van der Waals surface area contributed by atoms with Crippen LogP contribution in [0.3, 0.4) is 0 Å². The molecule has 0 fully saturated rings. The first-order chi connectivity index (χ1) is 25.8. The van der Waals surface area contributed by atoms with Crippen molar-refractivity contribution in [1.82, 2.24) is 0 Å². The molecule has 0 unspecified atom stereocenters. The van der Waals surface area contributed by atoms with Gasteiger partial charge in [0.2, 0.25) is 0 Å². The molecule has 0 saturated carbocycles. The maximum Gasteiger partial charge on any atom is 0.137 e. The van der Waals surface area contributed by atoms with Crippen molar-refractivity contribution < 1.29 is 4.42 Å². The fourth-order valence-corrected chi connectivity index (χ4v) is 7.66. The minimum absolute atomic E-state index is 0.871. The third-order valence-electron chi connectivity index (χ3n) is 10.2. The molecule has 0 bridgehead atoms. The van der Waals surface area contributed by atoms with Crippen LogP contribution in [0, 0.1) is 0 Å². The lowest BCUT2D eigenvalue weighted by atomic mass is 9.96. The molecular formula is C50H33NO. The summed E-state index contributed by atoms with van der Waals surface area (Å²) < 4.78 is 6.39. The van der Waals surface area contributed by atoms with Crippen LogP contribution in [0.5, 0.6) is 0 Å². The summed E-state index contributed by atoms with van der Waals surface area (Å²) >= 11 is 0. The van der Waals surface area contributed by atoms with Gasteiger partial charge >= 0.3 is 0 Å². The largest absolute Gasteiger partial charge is 0.456 e. The summed E-state index contributed by atoms with van der Waals surface area (Å²) in [6.07, 6.45) is 0. The Morgan fingerprint density at radius 2 is 0.904 bits per heavy atom. The van der Waals surface area contributed by atoms with Crippen molar-refractivity contribution in [1.29, 1.82) is 0 Å². The standard InChI is InChI=1S/C50H33NO/c1-2-12-38(13-3-1)44-15-6-8-17-46(44)51(47-18-10-20-49-50(47)45-16-7-9-19-48(45)52-49)43-30-29-37-26-28-41(32-42(37)33-43)36-23-21-35(22-24-36)40-27-25-34-11-4-5-14-39(34)31-40/h1-33H. The molecule has 52 heavy (non-hydrogen) atoms. The number of para-hydroxylation sites is 2. The minimum atomic E-state index is 0.871. The molecule has 244 valence electrons. The maximum atomic E-state index is 6.39. The molecule has 1 aromatic heterocycles. The molecule has 9 aromatic carbocycles. The van der Waals surface area contributed by atoms with E-state index in [1.54, 1.807) is 0 Å².